The number of rotatable bonds is 9. The van der Waals surface area contributed by atoms with E-state index in [-0.39, 0.29) is 53.3 Å². The maximum absolute atomic E-state index is 15.5. The molecular formula is C43H37Cl2N3O8. The van der Waals surface area contributed by atoms with Gasteiger partial charge in [-0.25, -0.2) is 0 Å². The summed E-state index contributed by atoms with van der Waals surface area (Å²) >= 11 is 12.7. The molecule has 4 amide bonds. The topological polar surface area (TPSA) is 143 Å². The van der Waals surface area contributed by atoms with Crippen molar-refractivity contribution in [2.24, 2.45) is 23.7 Å². The van der Waals surface area contributed by atoms with Crippen LogP contribution in [0, 0.1) is 23.7 Å². The van der Waals surface area contributed by atoms with Crippen LogP contribution in [0.25, 0.3) is 0 Å². The van der Waals surface area contributed by atoms with Crippen LogP contribution in [0.3, 0.4) is 0 Å². The Hall–Kier alpha value is -5.65. The van der Waals surface area contributed by atoms with Gasteiger partial charge >= 0.3 is 0 Å². The fourth-order valence-electron chi connectivity index (χ4n) is 9.33. The van der Waals surface area contributed by atoms with Crippen LogP contribution in [0.1, 0.15) is 54.1 Å². The van der Waals surface area contributed by atoms with E-state index < -0.39 is 52.7 Å². The lowest BCUT2D eigenvalue weighted by atomic mass is 9.49. The van der Waals surface area contributed by atoms with Gasteiger partial charge in [0.05, 0.1) is 53.3 Å². The third kappa shape index (κ3) is 5.58. The number of phenols is 1. The summed E-state index contributed by atoms with van der Waals surface area (Å²) in [5.41, 5.74) is 3.82. The summed E-state index contributed by atoms with van der Waals surface area (Å²) in [4.78, 5) is 72.4. The lowest BCUT2D eigenvalue weighted by molar-refractivity contribution is -0.138. The number of nitrogens with one attached hydrogen (secondary N) is 1. The Morgan fingerprint density at radius 2 is 1.66 bits per heavy atom. The number of hydrogen-bond donors (Lipinski definition) is 2. The summed E-state index contributed by atoms with van der Waals surface area (Å²) in [6.45, 7) is 3.47. The lowest BCUT2D eigenvalue weighted by Crippen LogP contribution is -2.53. The molecule has 1 saturated carbocycles. The average Bonchev–Trinajstić information content (AvgIpc) is 3.57. The van der Waals surface area contributed by atoms with E-state index in [0.717, 1.165) is 5.01 Å². The molecular weight excluding hydrogens is 757 g/mol. The number of imide groups is 2. The van der Waals surface area contributed by atoms with E-state index in [1.165, 1.54) is 25.0 Å². The quantitative estimate of drug-likeness (QED) is 0.100. The van der Waals surface area contributed by atoms with Gasteiger partial charge in [0, 0.05) is 22.1 Å². The molecule has 0 aromatic heterocycles. The Bertz CT molecular complexity index is 2350. The Morgan fingerprint density at radius 3 is 2.32 bits per heavy atom. The fourth-order valence-corrected chi connectivity index (χ4v) is 9.78. The minimum absolute atomic E-state index is 0.0364. The van der Waals surface area contributed by atoms with E-state index in [1.807, 2.05) is 6.08 Å². The molecule has 4 aliphatic rings. The Labute approximate surface area is 332 Å². The van der Waals surface area contributed by atoms with Gasteiger partial charge < -0.3 is 14.6 Å². The van der Waals surface area contributed by atoms with Crippen molar-refractivity contribution in [3.05, 3.63) is 123 Å². The molecule has 286 valence electrons. The normalized spacial score (nSPS) is 25.4. The average molecular weight is 795 g/mol. The number of hydrazine groups is 1. The van der Waals surface area contributed by atoms with Crippen molar-refractivity contribution in [2.75, 3.05) is 24.0 Å². The van der Waals surface area contributed by atoms with E-state index in [4.69, 9.17) is 32.7 Å². The molecule has 4 aromatic rings. The number of amides is 4. The van der Waals surface area contributed by atoms with Crippen molar-refractivity contribution in [2.45, 2.75) is 38.0 Å². The minimum atomic E-state index is -1.67. The number of ether oxygens (including phenoxy) is 2. The number of benzene rings is 4. The summed E-state index contributed by atoms with van der Waals surface area (Å²) in [6, 6.07) is 22.9. The van der Waals surface area contributed by atoms with Crippen molar-refractivity contribution in [3.8, 4) is 17.2 Å². The lowest BCUT2D eigenvalue weighted by Gasteiger charge is -2.50. The summed E-state index contributed by atoms with van der Waals surface area (Å²) in [5, 5.41) is 13.5. The van der Waals surface area contributed by atoms with Crippen LogP contribution in [-0.2, 0) is 24.6 Å². The molecule has 6 atom stereocenters. The molecule has 8 rings (SSSR count). The van der Waals surface area contributed by atoms with Crippen molar-refractivity contribution in [1.82, 2.24) is 5.01 Å². The Kier molecular flexibility index (Phi) is 9.41. The smallest absolute Gasteiger partial charge is 0.260 e. The zero-order valence-electron chi connectivity index (χ0n) is 30.6. The van der Waals surface area contributed by atoms with Crippen molar-refractivity contribution >= 4 is 64.0 Å². The van der Waals surface area contributed by atoms with Gasteiger partial charge in [-0.2, -0.15) is 5.01 Å². The minimum Gasteiger partial charge on any atom is -0.504 e. The third-order valence-corrected chi connectivity index (χ3v) is 12.3. The molecule has 11 nitrogen and oxygen atoms in total. The summed E-state index contributed by atoms with van der Waals surface area (Å²) in [6.07, 6.45) is 2.12. The maximum atomic E-state index is 15.5. The highest BCUT2D eigenvalue weighted by molar-refractivity contribution is 6.36. The summed E-state index contributed by atoms with van der Waals surface area (Å²) in [7, 11) is 1.53. The van der Waals surface area contributed by atoms with E-state index >= 15 is 9.59 Å². The second-order valence-electron chi connectivity index (χ2n) is 14.5. The van der Waals surface area contributed by atoms with Crippen LogP contribution in [-0.4, -0.2) is 53.2 Å². The molecule has 0 unspecified atom stereocenters. The molecule has 3 fully saturated rings. The standard InChI is InChI=1S/C43H37Cl2N3O8/c1-4-56-35-7-5-6-30(38(35)50)37-28-17-18-29-36(41(53)47(39(29)51)26-13-8-23(9-14-26)22(2)49)31(28)21-32-40(52)48(46-34-19-12-25(44)20-33(34)45)42(54)43(32,37)24-10-15-27(55-3)16-11-24/h5-17,19-20,29,31-32,36-37,46,50H,4,18,21H2,1-3H3/t29-,31+,32-,36-,37+,43+/m0/s1. The van der Waals surface area contributed by atoms with Gasteiger partial charge in [-0.05, 0) is 98.8 Å². The largest absolute Gasteiger partial charge is 0.504 e. The van der Waals surface area contributed by atoms with Gasteiger partial charge in [0.25, 0.3) is 11.8 Å². The number of carbonyl (C=O) groups excluding carboxylic acids is 5. The number of methoxy groups -OCH3 is 1. The van der Waals surface area contributed by atoms with Crippen LogP contribution in [0.2, 0.25) is 10.0 Å². The Balaban J connectivity index is 1.33. The highest BCUT2D eigenvalue weighted by Gasteiger charge is 2.70. The number of allylic oxidation sites excluding steroid dienone is 2. The number of Topliss-reactive ketones (excluding diaryl/α,β-unsaturated/α-hetero) is 1. The molecule has 0 spiro atoms. The second-order valence-corrected chi connectivity index (χ2v) is 15.3. The van der Waals surface area contributed by atoms with Gasteiger partial charge in [-0.3, -0.25) is 34.3 Å². The van der Waals surface area contributed by atoms with Crippen molar-refractivity contribution in [3.63, 3.8) is 0 Å². The molecule has 56 heavy (non-hydrogen) atoms. The van der Waals surface area contributed by atoms with Gasteiger partial charge in [0.2, 0.25) is 11.8 Å². The van der Waals surface area contributed by atoms with E-state index in [0.29, 0.717) is 38.7 Å². The number of hydrogen-bond acceptors (Lipinski definition) is 9. The Morgan fingerprint density at radius 1 is 0.929 bits per heavy atom. The monoisotopic (exact) mass is 793 g/mol. The van der Waals surface area contributed by atoms with Gasteiger partial charge in [-0.15, -0.1) is 0 Å². The summed E-state index contributed by atoms with van der Waals surface area (Å²) < 4.78 is 11.3. The molecule has 4 aromatic carbocycles. The molecule has 2 aliphatic carbocycles. The molecule has 2 saturated heterocycles. The predicted molar refractivity (Wildman–Crippen MR) is 209 cm³/mol. The van der Waals surface area contributed by atoms with Crippen LogP contribution in [0.4, 0.5) is 11.4 Å². The SMILES string of the molecule is CCOc1cccc([C@H]2C3=CC[C@@H]4C(=O)N(c5ccc(C(C)=O)cc5)C(=O)[C@@H]4[C@@H]3C[C@H]3C(=O)N(Nc4ccc(Cl)cc4Cl)C(=O)[C@@]23c2ccc(OC)cc2)c1O. The van der Waals surface area contributed by atoms with E-state index in [9.17, 15) is 19.5 Å². The first-order chi connectivity index (χ1) is 26.9. The van der Waals surface area contributed by atoms with Crippen LogP contribution in [0.15, 0.2) is 96.6 Å². The fraction of sp³-hybridized carbons (Fsp3) is 0.279. The van der Waals surface area contributed by atoms with Gasteiger partial charge in [-0.1, -0.05) is 59.1 Å². The number of halogens is 2. The predicted octanol–water partition coefficient (Wildman–Crippen LogP) is 7.50. The zero-order valence-corrected chi connectivity index (χ0v) is 32.1. The molecule has 13 heteroatoms. The number of aromatic hydroxyl groups is 1. The number of fused-ring (bicyclic) bond motifs is 4. The second kappa shape index (κ2) is 14.1. The van der Waals surface area contributed by atoms with Gasteiger partial charge in [0.1, 0.15) is 5.75 Å². The molecule has 2 aliphatic heterocycles. The van der Waals surface area contributed by atoms with Crippen molar-refractivity contribution in [1.29, 1.82) is 0 Å². The van der Waals surface area contributed by atoms with Crippen LogP contribution >= 0.6 is 23.2 Å². The highest BCUT2D eigenvalue weighted by atomic mass is 35.5. The van der Waals surface area contributed by atoms with E-state index in [1.54, 1.807) is 85.8 Å². The molecule has 0 radical (unpaired) electrons. The third-order valence-electron chi connectivity index (χ3n) is 11.8. The van der Waals surface area contributed by atoms with Gasteiger partial charge in [0.15, 0.2) is 17.3 Å². The first kappa shape index (κ1) is 37.3. The number of carbonyl (C=O) groups is 5. The number of ketones is 1. The van der Waals surface area contributed by atoms with E-state index in [2.05, 4.69) is 5.43 Å². The molecule has 2 heterocycles. The number of para-hydroxylation sites is 1. The first-order valence-electron chi connectivity index (χ1n) is 18.3. The zero-order chi connectivity index (χ0) is 39.6. The number of nitrogens with zero attached hydrogens (tertiary/aromatic N) is 2. The van der Waals surface area contributed by atoms with Crippen molar-refractivity contribution < 1.29 is 38.6 Å². The number of anilines is 2. The molecule has 2 N–H and O–H groups in total. The highest BCUT2D eigenvalue weighted by Crippen LogP contribution is 2.65. The van der Waals surface area contributed by atoms with Crippen LogP contribution in [0.5, 0.6) is 17.2 Å². The summed E-state index contributed by atoms with van der Waals surface area (Å²) in [5.74, 6) is -6.02. The maximum Gasteiger partial charge on any atom is 0.260 e. The first-order valence-corrected chi connectivity index (χ1v) is 19.1. The molecule has 0 bridgehead atoms. The number of phenolic OH excluding ortho intramolecular Hbond substituents is 1. The van der Waals surface area contributed by atoms with Crippen LogP contribution < -0.4 is 19.8 Å².